The number of piperidine rings is 1. The van der Waals surface area contributed by atoms with Crippen LogP contribution in [0.2, 0.25) is 0 Å². The topological polar surface area (TPSA) is 47.1 Å². The molecule has 4 heteroatoms. The fourth-order valence-electron chi connectivity index (χ4n) is 3.32. The van der Waals surface area contributed by atoms with Gasteiger partial charge in [-0.05, 0) is 65.0 Å². The fraction of sp³-hybridized carbons (Fsp3) is 1.00. The monoisotopic (exact) mass is 272 g/mol. The van der Waals surface area contributed by atoms with Gasteiger partial charge in [0.1, 0.15) is 4.75 Å². The van der Waals surface area contributed by atoms with Crippen LogP contribution >= 0.6 is 0 Å². The van der Waals surface area contributed by atoms with Crippen LogP contribution in [0.25, 0.3) is 0 Å². The van der Waals surface area contributed by atoms with Gasteiger partial charge in [0.2, 0.25) is 0 Å². The second-order valence-electron chi connectivity index (χ2n) is 6.91. The lowest BCUT2D eigenvalue weighted by atomic mass is 9.65. The number of nitrogens with one attached hydrogen (secondary N) is 2. The molecule has 106 valence electrons. The second-order valence-corrected chi connectivity index (χ2v) is 8.91. The highest BCUT2D eigenvalue weighted by Gasteiger charge is 2.44. The lowest BCUT2D eigenvalue weighted by molar-refractivity contribution is 0.0951. The van der Waals surface area contributed by atoms with E-state index in [1.807, 2.05) is 20.8 Å². The molecule has 3 nitrogen and oxygen atoms in total. The SMILES string of the molecule is CC(C)(C)[S+]([O-])N[C@@H]1CCCCC12CCNCC2. The van der Waals surface area contributed by atoms with Crippen molar-refractivity contribution in [3.05, 3.63) is 0 Å². The molecule has 1 saturated carbocycles. The van der Waals surface area contributed by atoms with E-state index in [0.717, 1.165) is 13.1 Å². The summed E-state index contributed by atoms with van der Waals surface area (Å²) in [4.78, 5) is 0. The van der Waals surface area contributed by atoms with Crippen LogP contribution < -0.4 is 10.0 Å². The van der Waals surface area contributed by atoms with Crippen molar-refractivity contribution in [1.29, 1.82) is 0 Å². The second kappa shape index (κ2) is 5.70. The Balaban J connectivity index is 2.03. The predicted octanol–water partition coefficient (Wildman–Crippen LogP) is 2.35. The van der Waals surface area contributed by atoms with Gasteiger partial charge in [0.15, 0.2) is 0 Å². The average Bonchev–Trinajstić information content (AvgIpc) is 2.32. The molecule has 0 aromatic rings. The molecule has 1 spiro atoms. The van der Waals surface area contributed by atoms with Gasteiger partial charge in [0, 0.05) is 11.4 Å². The Hall–Kier alpha value is 0.230. The molecule has 2 rings (SSSR count). The van der Waals surface area contributed by atoms with Gasteiger partial charge in [-0.25, -0.2) is 0 Å². The molecule has 0 aromatic carbocycles. The third-order valence-corrected chi connectivity index (χ3v) is 6.17. The summed E-state index contributed by atoms with van der Waals surface area (Å²) in [5.74, 6) is 0. The maximum Gasteiger partial charge on any atom is 0.136 e. The maximum absolute atomic E-state index is 12.3. The Morgan fingerprint density at radius 3 is 2.44 bits per heavy atom. The van der Waals surface area contributed by atoms with E-state index in [9.17, 15) is 4.55 Å². The van der Waals surface area contributed by atoms with Crippen LogP contribution in [-0.2, 0) is 11.4 Å². The molecule has 1 aliphatic carbocycles. The molecule has 1 heterocycles. The lowest BCUT2D eigenvalue weighted by Gasteiger charge is -2.47. The summed E-state index contributed by atoms with van der Waals surface area (Å²) in [6.07, 6.45) is 7.63. The van der Waals surface area contributed by atoms with Gasteiger partial charge in [-0.2, -0.15) is 0 Å². The van der Waals surface area contributed by atoms with Crippen molar-refractivity contribution in [2.45, 2.75) is 70.1 Å². The molecule has 1 unspecified atom stereocenters. The van der Waals surface area contributed by atoms with Crippen LogP contribution in [-0.4, -0.2) is 28.4 Å². The van der Waals surface area contributed by atoms with Gasteiger partial charge in [-0.15, -0.1) is 4.72 Å². The first-order chi connectivity index (χ1) is 8.44. The van der Waals surface area contributed by atoms with E-state index in [4.69, 9.17) is 0 Å². The van der Waals surface area contributed by atoms with Crippen LogP contribution in [0, 0.1) is 5.41 Å². The minimum atomic E-state index is -0.933. The minimum Gasteiger partial charge on any atom is -0.598 e. The van der Waals surface area contributed by atoms with Crippen LogP contribution in [0.3, 0.4) is 0 Å². The van der Waals surface area contributed by atoms with Crippen LogP contribution in [0.4, 0.5) is 0 Å². The van der Waals surface area contributed by atoms with Gasteiger partial charge in [0.25, 0.3) is 0 Å². The van der Waals surface area contributed by atoms with Crippen molar-refractivity contribution in [2.24, 2.45) is 5.41 Å². The lowest BCUT2D eigenvalue weighted by Crippen LogP contribution is -2.56. The average molecular weight is 272 g/mol. The predicted molar refractivity (Wildman–Crippen MR) is 77.8 cm³/mol. The van der Waals surface area contributed by atoms with Crippen LogP contribution in [0.5, 0.6) is 0 Å². The molecule has 2 atom stereocenters. The molecule has 2 N–H and O–H groups in total. The highest BCUT2D eigenvalue weighted by atomic mass is 32.2. The zero-order valence-corrected chi connectivity index (χ0v) is 12.9. The van der Waals surface area contributed by atoms with E-state index in [1.165, 1.54) is 38.5 Å². The number of hydrogen-bond donors (Lipinski definition) is 2. The Morgan fingerprint density at radius 2 is 1.83 bits per heavy atom. The molecule has 2 fully saturated rings. The molecule has 2 aliphatic rings. The first kappa shape index (κ1) is 14.6. The standard InChI is InChI=1S/C14H28N2OS/c1-13(2,3)18(17)16-12-6-4-5-7-14(12)8-10-15-11-9-14/h12,15-16H,4-11H2,1-3H3/t12-,18?/m1/s1. The minimum absolute atomic E-state index is 0.161. The van der Waals surface area contributed by atoms with Crippen LogP contribution in [0.1, 0.15) is 59.3 Å². The fourth-order valence-corrected chi connectivity index (χ4v) is 4.30. The normalized spacial score (nSPS) is 30.3. The Kier molecular flexibility index (Phi) is 4.63. The number of hydrogen-bond acceptors (Lipinski definition) is 3. The summed E-state index contributed by atoms with van der Waals surface area (Å²) in [5, 5.41) is 3.46. The summed E-state index contributed by atoms with van der Waals surface area (Å²) in [5.41, 5.74) is 0.407. The molecule has 0 radical (unpaired) electrons. The third-order valence-electron chi connectivity index (χ3n) is 4.56. The molecule has 0 amide bonds. The summed E-state index contributed by atoms with van der Waals surface area (Å²) in [6, 6.07) is 0.452. The maximum atomic E-state index is 12.3. The van der Waals surface area contributed by atoms with Crippen molar-refractivity contribution in [3.63, 3.8) is 0 Å². The molecule has 18 heavy (non-hydrogen) atoms. The highest BCUT2D eigenvalue weighted by molar-refractivity contribution is 7.90. The summed E-state index contributed by atoms with van der Waals surface area (Å²) in [6.45, 7) is 8.40. The van der Waals surface area contributed by atoms with Gasteiger partial charge < -0.3 is 9.87 Å². The van der Waals surface area contributed by atoms with Gasteiger partial charge in [-0.3, -0.25) is 0 Å². The van der Waals surface area contributed by atoms with E-state index >= 15 is 0 Å². The first-order valence-corrected chi connectivity index (χ1v) is 8.48. The van der Waals surface area contributed by atoms with Crippen LogP contribution in [0.15, 0.2) is 0 Å². The third kappa shape index (κ3) is 3.21. The quantitative estimate of drug-likeness (QED) is 0.759. The molecule has 0 aromatic heterocycles. The van der Waals surface area contributed by atoms with Crippen molar-refractivity contribution < 1.29 is 4.55 Å². The Labute approximate surface area is 115 Å². The van der Waals surface area contributed by atoms with Crippen molar-refractivity contribution in [3.8, 4) is 0 Å². The largest absolute Gasteiger partial charge is 0.598 e. The summed E-state index contributed by atoms with van der Waals surface area (Å²) in [7, 11) is 0. The molecule has 1 aliphatic heterocycles. The number of rotatable bonds is 2. The molecule has 1 saturated heterocycles. The highest BCUT2D eigenvalue weighted by Crippen LogP contribution is 2.44. The Bertz CT molecular complexity index is 263. The van der Waals surface area contributed by atoms with Gasteiger partial charge in [-0.1, -0.05) is 12.8 Å². The van der Waals surface area contributed by atoms with E-state index in [0.29, 0.717) is 11.5 Å². The Morgan fingerprint density at radius 1 is 1.17 bits per heavy atom. The molecular weight excluding hydrogens is 244 g/mol. The van der Waals surface area contributed by atoms with E-state index in [-0.39, 0.29) is 4.75 Å². The zero-order valence-electron chi connectivity index (χ0n) is 12.1. The molecule has 0 bridgehead atoms. The molecular formula is C14H28N2OS. The van der Waals surface area contributed by atoms with E-state index < -0.39 is 11.4 Å². The zero-order chi connectivity index (χ0) is 13.2. The first-order valence-electron chi connectivity index (χ1n) is 7.33. The van der Waals surface area contributed by atoms with Gasteiger partial charge >= 0.3 is 0 Å². The van der Waals surface area contributed by atoms with Crippen molar-refractivity contribution in [1.82, 2.24) is 10.0 Å². The van der Waals surface area contributed by atoms with Crippen molar-refractivity contribution >= 4 is 11.4 Å². The summed E-state index contributed by atoms with van der Waals surface area (Å²) >= 11 is -0.933. The van der Waals surface area contributed by atoms with Crippen molar-refractivity contribution in [2.75, 3.05) is 13.1 Å². The summed E-state index contributed by atoms with van der Waals surface area (Å²) < 4.78 is 15.6. The van der Waals surface area contributed by atoms with Gasteiger partial charge in [0.05, 0.1) is 6.04 Å². The van der Waals surface area contributed by atoms with E-state index in [2.05, 4.69) is 10.0 Å². The smallest absolute Gasteiger partial charge is 0.136 e. The van der Waals surface area contributed by atoms with E-state index in [1.54, 1.807) is 0 Å².